The number of methoxy groups -OCH3 is 1. The Bertz CT molecular complexity index is 940. The largest absolute Gasteiger partial charge is 0.493 e. The number of aryl methyl sites for hydroxylation is 1. The highest BCUT2D eigenvalue weighted by molar-refractivity contribution is 5.92. The molecule has 2 aromatic carbocycles. The lowest BCUT2D eigenvalue weighted by Crippen LogP contribution is -2.42. The summed E-state index contributed by atoms with van der Waals surface area (Å²) in [5.74, 6) is 0.427. The molecule has 0 unspecified atom stereocenters. The van der Waals surface area contributed by atoms with Crippen LogP contribution in [0.2, 0.25) is 0 Å². The average Bonchev–Trinajstić information content (AvgIpc) is 2.80. The molecule has 1 saturated heterocycles. The molecule has 0 spiro atoms. The Morgan fingerprint density at radius 1 is 1.09 bits per heavy atom. The van der Waals surface area contributed by atoms with Crippen LogP contribution in [0.5, 0.6) is 11.5 Å². The molecule has 3 rings (SSSR count). The Morgan fingerprint density at radius 3 is 2.56 bits per heavy atom. The zero-order chi connectivity index (χ0) is 22.8. The Hall–Kier alpha value is -3.43. The molecular weight excluding hydrogens is 412 g/mol. The number of hydrogen-bond donors (Lipinski definition) is 2. The van der Waals surface area contributed by atoms with Gasteiger partial charge in [0, 0.05) is 18.8 Å². The van der Waals surface area contributed by atoms with E-state index in [2.05, 4.69) is 15.8 Å². The van der Waals surface area contributed by atoms with Crippen molar-refractivity contribution in [3.8, 4) is 11.5 Å². The lowest BCUT2D eigenvalue weighted by molar-refractivity contribution is -0.123. The van der Waals surface area contributed by atoms with Crippen molar-refractivity contribution in [3.05, 3.63) is 53.6 Å². The molecule has 0 aliphatic carbocycles. The van der Waals surface area contributed by atoms with Crippen molar-refractivity contribution < 1.29 is 23.8 Å². The number of hydrogen-bond acceptors (Lipinski definition) is 7. The molecule has 9 nitrogen and oxygen atoms in total. The number of hydrazone groups is 1. The summed E-state index contributed by atoms with van der Waals surface area (Å²) in [5, 5.41) is 6.78. The zero-order valence-electron chi connectivity index (χ0n) is 18.3. The van der Waals surface area contributed by atoms with Gasteiger partial charge < -0.3 is 19.5 Å². The zero-order valence-corrected chi connectivity index (χ0v) is 18.3. The number of nitrogens with zero attached hydrogens (tertiary/aromatic N) is 2. The smallest absolute Gasteiger partial charge is 0.262 e. The Kier molecular flexibility index (Phi) is 8.59. The summed E-state index contributed by atoms with van der Waals surface area (Å²) in [5.41, 5.74) is 5.06. The highest BCUT2D eigenvalue weighted by atomic mass is 16.5. The molecule has 0 saturated carbocycles. The van der Waals surface area contributed by atoms with Crippen molar-refractivity contribution in [1.82, 2.24) is 10.3 Å². The number of ether oxygens (including phenoxy) is 3. The van der Waals surface area contributed by atoms with Gasteiger partial charge in [-0.25, -0.2) is 5.43 Å². The number of morpholine rings is 1. The molecule has 9 heteroatoms. The molecule has 1 fully saturated rings. The number of carbonyl (C=O) groups is 2. The Balaban J connectivity index is 1.48. The van der Waals surface area contributed by atoms with Crippen molar-refractivity contribution in [2.75, 3.05) is 51.9 Å². The fourth-order valence-electron chi connectivity index (χ4n) is 3.04. The van der Waals surface area contributed by atoms with E-state index in [1.54, 1.807) is 18.2 Å². The fraction of sp³-hybridized carbons (Fsp3) is 0.348. The predicted octanol–water partition coefficient (Wildman–Crippen LogP) is 1.80. The van der Waals surface area contributed by atoms with Gasteiger partial charge in [0.05, 0.1) is 33.1 Å². The second kappa shape index (κ2) is 11.8. The first-order valence-electron chi connectivity index (χ1n) is 10.3. The molecule has 1 aliphatic heterocycles. The molecule has 0 bridgehead atoms. The highest BCUT2D eigenvalue weighted by Gasteiger charge is 2.13. The Morgan fingerprint density at radius 2 is 1.84 bits per heavy atom. The number of amides is 2. The number of anilines is 1. The van der Waals surface area contributed by atoms with Gasteiger partial charge >= 0.3 is 0 Å². The molecule has 1 aliphatic rings. The fourth-order valence-corrected chi connectivity index (χ4v) is 3.04. The van der Waals surface area contributed by atoms with Crippen LogP contribution in [0.1, 0.15) is 11.1 Å². The van der Waals surface area contributed by atoms with Gasteiger partial charge in [0.15, 0.2) is 18.1 Å². The van der Waals surface area contributed by atoms with Gasteiger partial charge in [-0.15, -0.1) is 0 Å². The van der Waals surface area contributed by atoms with E-state index in [1.807, 2.05) is 36.1 Å². The van der Waals surface area contributed by atoms with Gasteiger partial charge in [-0.05, 0) is 42.8 Å². The summed E-state index contributed by atoms with van der Waals surface area (Å²) in [6.45, 7) is 4.85. The summed E-state index contributed by atoms with van der Waals surface area (Å²) in [4.78, 5) is 26.1. The summed E-state index contributed by atoms with van der Waals surface area (Å²) in [6, 6.07) is 12.7. The third-order valence-electron chi connectivity index (χ3n) is 4.76. The van der Waals surface area contributed by atoms with Crippen molar-refractivity contribution in [1.29, 1.82) is 0 Å². The number of benzene rings is 2. The summed E-state index contributed by atoms with van der Waals surface area (Å²) >= 11 is 0. The van der Waals surface area contributed by atoms with Crippen LogP contribution >= 0.6 is 0 Å². The lowest BCUT2D eigenvalue weighted by Gasteiger charge is -2.25. The van der Waals surface area contributed by atoms with Crippen LogP contribution in [0.25, 0.3) is 0 Å². The predicted molar refractivity (Wildman–Crippen MR) is 121 cm³/mol. The lowest BCUT2D eigenvalue weighted by atomic mass is 10.2. The van der Waals surface area contributed by atoms with Crippen molar-refractivity contribution in [2.45, 2.75) is 6.92 Å². The van der Waals surface area contributed by atoms with Gasteiger partial charge in [0.2, 0.25) is 0 Å². The molecule has 2 aromatic rings. The van der Waals surface area contributed by atoms with E-state index in [1.165, 1.54) is 13.3 Å². The van der Waals surface area contributed by atoms with Crippen LogP contribution in [0.15, 0.2) is 47.6 Å². The van der Waals surface area contributed by atoms with Crippen LogP contribution in [0, 0.1) is 6.92 Å². The van der Waals surface area contributed by atoms with Crippen LogP contribution in [-0.4, -0.2) is 69.5 Å². The quantitative estimate of drug-likeness (QED) is 0.456. The van der Waals surface area contributed by atoms with E-state index in [4.69, 9.17) is 14.2 Å². The topological polar surface area (TPSA) is 101 Å². The maximum absolute atomic E-state index is 12.1. The maximum Gasteiger partial charge on any atom is 0.262 e. The third kappa shape index (κ3) is 7.36. The summed E-state index contributed by atoms with van der Waals surface area (Å²) < 4.78 is 16.2. The summed E-state index contributed by atoms with van der Waals surface area (Å²) in [7, 11) is 1.51. The van der Waals surface area contributed by atoms with Gasteiger partial charge in [-0.2, -0.15) is 5.10 Å². The molecule has 0 atom stereocenters. The molecule has 2 N–H and O–H groups in total. The Labute approximate surface area is 187 Å². The number of nitrogens with one attached hydrogen (secondary N) is 2. The maximum atomic E-state index is 12.1. The number of rotatable bonds is 9. The monoisotopic (exact) mass is 440 g/mol. The minimum absolute atomic E-state index is 0.157. The molecule has 0 radical (unpaired) electrons. The van der Waals surface area contributed by atoms with Crippen LogP contribution in [0.3, 0.4) is 0 Å². The first-order valence-corrected chi connectivity index (χ1v) is 10.3. The molecule has 0 aromatic heterocycles. The minimum Gasteiger partial charge on any atom is -0.493 e. The van der Waals surface area contributed by atoms with E-state index >= 15 is 0 Å². The minimum atomic E-state index is -0.274. The van der Waals surface area contributed by atoms with E-state index in [0.29, 0.717) is 36.0 Å². The van der Waals surface area contributed by atoms with E-state index in [0.717, 1.165) is 18.7 Å². The van der Waals surface area contributed by atoms with Crippen molar-refractivity contribution >= 4 is 23.7 Å². The first-order chi connectivity index (χ1) is 15.5. The van der Waals surface area contributed by atoms with Gasteiger partial charge in [0.1, 0.15) is 0 Å². The third-order valence-corrected chi connectivity index (χ3v) is 4.76. The van der Waals surface area contributed by atoms with Crippen LogP contribution in [-0.2, 0) is 14.3 Å². The first kappa shape index (κ1) is 23.2. The van der Waals surface area contributed by atoms with Crippen LogP contribution < -0.4 is 20.2 Å². The van der Waals surface area contributed by atoms with Crippen molar-refractivity contribution in [3.63, 3.8) is 0 Å². The van der Waals surface area contributed by atoms with Crippen LogP contribution in [0.4, 0.5) is 5.69 Å². The van der Waals surface area contributed by atoms with Gasteiger partial charge in [0.25, 0.3) is 11.8 Å². The molecular formula is C23H28N4O5. The second-order valence-corrected chi connectivity index (χ2v) is 7.29. The molecule has 32 heavy (non-hydrogen) atoms. The van der Waals surface area contributed by atoms with E-state index in [9.17, 15) is 9.59 Å². The number of carbonyl (C=O) groups excluding carboxylic acids is 2. The molecule has 2 amide bonds. The van der Waals surface area contributed by atoms with E-state index < -0.39 is 0 Å². The van der Waals surface area contributed by atoms with Gasteiger partial charge in [-0.1, -0.05) is 17.7 Å². The molecule has 170 valence electrons. The van der Waals surface area contributed by atoms with Crippen molar-refractivity contribution in [2.24, 2.45) is 5.10 Å². The SMILES string of the molecule is COc1cc(C=NNC(=O)CN2CCOCC2)ccc1OCC(=O)Nc1ccc(C)cc1. The highest BCUT2D eigenvalue weighted by Crippen LogP contribution is 2.27. The average molecular weight is 441 g/mol. The summed E-state index contributed by atoms with van der Waals surface area (Å²) in [6.07, 6.45) is 1.52. The van der Waals surface area contributed by atoms with Gasteiger partial charge in [-0.3, -0.25) is 14.5 Å². The second-order valence-electron chi connectivity index (χ2n) is 7.29. The molecule has 1 heterocycles. The standard InChI is InChI=1S/C23H28N4O5/c1-17-3-6-19(7-4-17)25-23(29)16-32-20-8-5-18(13-21(20)30-2)14-24-26-22(28)15-27-9-11-31-12-10-27/h3-8,13-14H,9-12,15-16H2,1-2H3,(H,25,29)(H,26,28). The normalized spacial score (nSPS) is 14.2. The van der Waals surface area contributed by atoms with E-state index in [-0.39, 0.29) is 25.0 Å².